The van der Waals surface area contributed by atoms with E-state index >= 15 is 0 Å². The number of hydrogen-bond donors (Lipinski definition) is 2. The first-order chi connectivity index (χ1) is 10.9. The summed E-state index contributed by atoms with van der Waals surface area (Å²) in [6.45, 7) is 0. The number of nitrogens with zero attached hydrogens (tertiary/aromatic N) is 1. The Bertz CT molecular complexity index is 733. The second-order valence-corrected chi connectivity index (χ2v) is 5.75. The number of halogens is 1. The van der Waals surface area contributed by atoms with Crippen molar-refractivity contribution in [3.8, 4) is 0 Å². The van der Waals surface area contributed by atoms with Gasteiger partial charge in [0.1, 0.15) is 5.82 Å². The molecular weight excluding hydrogens is 307 g/mol. The maximum Gasteiger partial charge on any atom is 0.307 e. The number of fused-ring (bicyclic) bond motifs is 2. The van der Waals surface area contributed by atoms with E-state index in [2.05, 4.69) is 5.32 Å². The lowest BCUT2D eigenvalue weighted by molar-refractivity contribution is -0.384. The Morgan fingerprint density at radius 3 is 2.52 bits per heavy atom. The zero-order valence-corrected chi connectivity index (χ0v) is 11.8. The number of carbonyl (C=O) groups is 2. The van der Waals surface area contributed by atoms with E-state index in [-0.39, 0.29) is 23.2 Å². The molecule has 8 heteroatoms. The number of carbonyl (C=O) groups excluding carboxylic acids is 1. The number of non-ortho nitro benzene ring substituents is 1. The third-order valence-corrected chi connectivity index (χ3v) is 4.47. The number of carboxylic acid groups (broad SMARTS) is 1. The predicted octanol–water partition coefficient (Wildman–Crippen LogP) is 2.20. The summed E-state index contributed by atoms with van der Waals surface area (Å²) in [6.07, 6.45) is 4.17. The van der Waals surface area contributed by atoms with Gasteiger partial charge in [-0.3, -0.25) is 19.7 Å². The number of rotatable bonds is 4. The third kappa shape index (κ3) is 2.56. The van der Waals surface area contributed by atoms with Crippen molar-refractivity contribution in [1.82, 2.24) is 0 Å². The summed E-state index contributed by atoms with van der Waals surface area (Å²) in [5.74, 6) is -4.58. The third-order valence-electron chi connectivity index (χ3n) is 4.47. The molecule has 2 aliphatic rings. The van der Waals surface area contributed by atoms with Gasteiger partial charge in [-0.1, -0.05) is 12.2 Å². The quantitative estimate of drug-likeness (QED) is 0.502. The minimum absolute atomic E-state index is 0.205. The van der Waals surface area contributed by atoms with Crippen LogP contribution >= 0.6 is 0 Å². The molecule has 23 heavy (non-hydrogen) atoms. The van der Waals surface area contributed by atoms with Gasteiger partial charge in [0, 0.05) is 12.1 Å². The van der Waals surface area contributed by atoms with Gasteiger partial charge in [0.05, 0.1) is 22.4 Å². The summed E-state index contributed by atoms with van der Waals surface area (Å²) in [5.41, 5.74) is -0.676. The summed E-state index contributed by atoms with van der Waals surface area (Å²) in [5, 5.41) is 22.4. The standard InChI is InChI=1S/C15H13FN2O5/c16-10-4-3-9(18(22)23)6-11(10)17-14(19)12-7-1-2-8(5-7)13(12)15(20)21/h1-4,6-8,12-13H,5H2,(H,17,19)(H,20,21). The van der Waals surface area contributed by atoms with Crippen molar-refractivity contribution in [2.45, 2.75) is 6.42 Å². The van der Waals surface area contributed by atoms with E-state index < -0.39 is 34.5 Å². The molecule has 0 aliphatic heterocycles. The Labute approximate surface area is 130 Å². The van der Waals surface area contributed by atoms with Gasteiger partial charge >= 0.3 is 5.97 Å². The Morgan fingerprint density at radius 1 is 1.26 bits per heavy atom. The van der Waals surface area contributed by atoms with Gasteiger partial charge in [-0.2, -0.15) is 0 Å². The monoisotopic (exact) mass is 320 g/mol. The second kappa shape index (κ2) is 5.45. The van der Waals surface area contributed by atoms with E-state index in [1.165, 1.54) is 0 Å². The highest BCUT2D eigenvalue weighted by atomic mass is 19.1. The van der Waals surface area contributed by atoms with Crippen LogP contribution in [0.15, 0.2) is 30.4 Å². The number of nitro groups is 1. The van der Waals surface area contributed by atoms with Gasteiger partial charge in [0.25, 0.3) is 5.69 Å². The highest BCUT2D eigenvalue weighted by Gasteiger charge is 2.51. The van der Waals surface area contributed by atoms with Gasteiger partial charge in [-0.05, 0) is 24.3 Å². The Hall–Kier alpha value is -2.77. The molecule has 1 amide bonds. The van der Waals surface area contributed by atoms with E-state index in [4.69, 9.17) is 0 Å². The van der Waals surface area contributed by atoms with Crippen molar-refractivity contribution in [3.63, 3.8) is 0 Å². The molecule has 1 fully saturated rings. The number of nitrogens with one attached hydrogen (secondary N) is 1. The molecule has 1 aromatic carbocycles. The van der Waals surface area contributed by atoms with E-state index in [0.29, 0.717) is 6.42 Å². The molecule has 0 spiro atoms. The molecule has 0 aromatic heterocycles. The number of nitro benzene ring substituents is 1. The van der Waals surface area contributed by atoms with Crippen molar-refractivity contribution in [1.29, 1.82) is 0 Å². The van der Waals surface area contributed by atoms with Crippen LogP contribution in [0, 0.1) is 39.6 Å². The van der Waals surface area contributed by atoms with Crippen LogP contribution in [0.5, 0.6) is 0 Å². The van der Waals surface area contributed by atoms with Crippen molar-refractivity contribution in [2.75, 3.05) is 5.32 Å². The lowest BCUT2D eigenvalue weighted by Crippen LogP contribution is -2.36. The normalized spacial score (nSPS) is 27.9. The highest BCUT2D eigenvalue weighted by molar-refractivity contribution is 5.96. The smallest absolute Gasteiger partial charge is 0.307 e. The van der Waals surface area contributed by atoms with E-state index in [9.17, 15) is 29.2 Å². The number of amides is 1. The number of allylic oxidation sites excluding steroid dienone is 2. The topological polar surface area (TPSA) is 110 Å². The summed E-state index contributed by atoms with van der Waals surface area (Å²) in [6, 6.07) is 2.81. The maximum absolute atomic E-state index is 13.8. The molecule has 4 unspecified atom stereocenters. The SMILES string of the molecule is O=C(O)C1C2C=CC(C2)C1C(=O)Nc1cc([N+](=O)[O-])ccc1F. The molecule has 0 radical (unpaired) electrons. The fourth-order valence-electron chi connectivity index (χ4n) is 3.46. The van der Waals surface area contributed by atoms with Crippen molar-refractivity contribution < 1.29 is 24.0 Å². The molecule has 0 saturated heterocycles. The first-order valence-corrected chi connectivity index (χ1v) is 7.04. The van der Waals surface area contributed by atoms with Gasteiger partial charge in [-0.15, -0.1) is 0 Å². The largest absolute Gasteiger partial charge is 0.481 e. The van der Waals surface area contributed by atoms with Gasteiger partial charge in [-0.25, -0.2) is 4.39 Å². The predicted molar refractivity (Wildman–Crippen MR) is 77.0 cm³/mol. The highest BCUT2D eigenvalue weighted by Crippen LogP contribution is 2.48. The first-order valence-electron chi connectivity index (χ1n) is 7.04. The molecule has 2 N–H and O–H groups in total. The average Bonchev–Trinajstić information content (AvgIpc) is 3.09. The fourth-order valence-corrected chi connectivity index (χ4v) is 3.46. The van der Waals surface area contributed by atoms with Crippen LogP contribution < -0.4 is 5.32 Å². The number of hydrogen-bond acceptors (Lipinski definition) is 4. The maximum atomic E-state index is 13.8. The number of benzene rings is 1. The molecule has 1 saturated carbocycles. The zero-order chi connectivity index (χ0) is 16.7. The second-order valence-electron chi connectivity index (χ2n) is 5.75. The Balaban J connectivity index is 1.85. The van der Waals surface area contributed by atoms with Crippen LogP contribution in [0.2, 0.25) is 0 Å². The minimum atomic E-state index is -1.07. The molecular formula is C15H13FN2O5. The fraction of sp³-hybridized carbons (Fsp3) is 0.333. The van der Waals surface area contributed by atoms with E-state index in [1.807, 2.05) is 0 Å². The molecule has 0 heterocycles. The van der Waals surface area contributed by atoms with Crippen LogP contribution in [0.4, 0.5) is 15.8 Å². The van der Waals surface area contributed by atoms with Gasteiger partial charge < -0.3 is 10.4 Å². The molecule has 120 valence electrons. The van der Waals surface area contributed by atoms with Crippen molar-refractivity contribution in [3.05, 3.63) is 46.3 Å². The summed E-state index contributed by atoms with van der Waals surface area (Å²) < 4.78 is 13.8. The van der Waals surface area contributed by atoms with E-state index in [1.54, 1.807) is 12.2 Å². The lowest BCUT2D eigenvalue weighted by atomic mass is 9.82. The zero-order valence-electron chi connectivity index (χ0n) is 11.8. The van der Waals surface area contributed by atoms with Crippen LogP contribution in [0.3, 0.4) is 0 Å². The number of aliphatic carboxylic acids is 1. The average molecular weight is 320 g/mol. The van der Waals surface area contributed by atoms with E-state index in [0.717, 1.165) is 18.2 Å². The van der Waals surface area contributed by atoms with Gasteiger partial charge in [0.2, 0.25) is 5.91 Å². The summed E-state index contributed by atoms with van der Waals surface area (Å²) in [4.78, 5) is 33.8. The molecule has 4 atom stereocenters. The Morgan fingerprint density at radius 2 is 1.91 bits per heavy atom. The molecule has 7 nitrogen and oxygen atoms in total. The molecule has 2 bridgehead atoms. The number of carboxylic acids is 1. The minimum Gasteiger partial charge on any atom is -0.481 e. The van der Waals surface area contributed by atoms with Crippen molar-refractivity contribution >= 4 is 23.3 Å². The van der Waals surface area contributed by atoms with Crippen molar-refractivity contribution in [2.24, 2.45) is 23.7 Å². The lowest BCUT2D eigenvalue weighted by Gasteiger charge is -2.23. The number of anilines is 1. The molecule has 2 aliphatic carbocycles. The molecule has 3 rings (SSSR count). The molecule has 1 aromatic rings. The van der Waals surface area contributed by atoms with Crippen LogP contribution in [0.25, 0.3) is 0 Å². The first kappa shape index (κ1) is 15.1. The summed E-state index contributed by atoms with van der Waals surface area (Å²) >= 11 is 0. The van der Waals surface area contributed by atoms with Crippen LogP contribution in [0.1, 0.15) is 6.42 Å². The Kier molecular flexibility index (Phi) is 3.59. The summed E-state index contributed by atoms with van der Waals surface area (Å²) in [7, 11) is 0. The van der Waals surface area contributed by atoms with Gasteiger partial charge in [0.15, 0.2) is 0 Å². The van der Waals surface area contributed by atoms with Crippen LogP contribution in [-0.2, 0) is 9.59 Å². The van der Waals surface area contributed by atoms with Crippen LogP contribution in [-0.4, -0.2) is 21.9 Å².